The molecule has 3 N–H and O–H groups in total. The molecule has 2 aromatic rings. The Hall–Kier alpha value is -2.94. The number of H-pyrrole nitrogens is 1. The molecule has 1 amide bonds. The minimum atomic E-state index is -0.697. The Labute approximate surface area is 170 Å². The topological polar surface area (TPSA) is 114 Å². The van der Waals surface area contributed by atoms with Gasteiger partial charge in [0.15, 0.2) is 5.84 Å². The Morgan fingerprint density at radius 3 is 2.97 bits per heavy atom. The Balaban J connectivity index is 1.46. The quantitative estimate of drug-likeness (QED) is 0.260. The van der Waals surface area contributed by atoms with Crippen molar-refractivity contribution in [2.45, 2.75) is 31.7 Å². The second-order valence-corrected chi connectivity index (χ2v) is 7.64. The Morgan fingerprint density at radius 1 is 1.38 bits per heavy atom. The number of amides is 1. The molecule has 2 aliphatic heterocycles. The van der Waals surface area contributed by atoms with E-state index in [1.807, 2.05) is 0 Å². The van der Waals surface area contributed by atoms with E-state index in [2.05, 4.69) is 15.1 Å². The van der Waals surface area contributed by atoms with Crippen LogP contribution in [0.25, 0.3) is 0 Å². The van der Waals surface area contributed by atoms with Crippen LogP contribution in [0.3, 0.4) is 0 Å². The van der Waals surface area contributed by atoms with Crippen molar-refractivity contribution in [3.63, 3.8) is 0 Å². The van der Waals surface area contributed by atoms with Crippen molar-refractivity contribution < 1.29 is 18.8 Å². The molecule has 2 aromatic heterocycles. The average molecular weight is 420 g/mol. The number of halogens is 2. The maximum atomic E-state index is 13.6. The molecule has 29 heavy (non-hydrogen) atoms. The van der Waals surface area contributed by atoms with E-state index in [0.717, 1.165) is 18.1 Å². The van der Waals surface area contributed by atoms with E-state index in [1.54, 1.807) is 11.0 Å². The van der Waals surface area contributed by atoms with Crippen molar-refractivity contribution >= 4 is 29.3 Å². The number of aromatic amines is 1. The summed E-state index contributed by atoms with van der Waals surface area (Å²) in [5.41, 5.74) is 7.25. The minimum absolute atomic E-state index is 0.00311. The van der Waals surface area contributed by atoms with Crippen molar-refractivity contribution in [1.82, 2.24) is 14.9 Å². The maximum absolute atomic E-state index is 13.6. The van der Waals surface area contributed by atoms with Crippen LogP contribution in [-0.4, -0.2) is 45.2 Å². The van der Waals surface area contributed by atoms with E-state index in [1.165, 1.54) is 12.4 Å². The van der Waals surface area contributed by atoms with Gasteiger partial charge in [0.2, 0.25) is 5.95 Å². The summed E-state index contributed by atoms with van der Waals surface area (Å²) in [6.07, 6.45) is 5.55. The number of oxime groups is 1. The molecular weight excluding hydrogens is 401 g/mol. The van der Waals surface area contributed by atoms with Crippen LogP contribution in [0.2, 0.25) is 5.02 Å². The largest absolute Gasteiger partial charge is 0.379 e. The number of amidine groups is 1. The summed E-state index contributed by atoms with van der Waals surface area (Å²) in [6.45, 7) is 0.190. The molecule has 2 unspecified atom stereocenters. The molecule has 2 aliphatic rings. The van der Waals surface area contributed by atoms with Gasteiger partial charge in [-0.1, -0.05) is 16.8 Å². The van der Waals surface area contributed by atoms with E-state index in [4.69, 9.17) is 22.2 Å². The molecule has 4 heterocycles. The van der Waals surface area contributed by atoms with Crippen LogP contribution in [0.5, 0.6) is 0 Å². The third-order valence-corrected chi connectivity index (χ3v) is 5.61. The standard InChI is InChI=1S/C19H19ClFN5O3/c20-12-5-15(23-8-12)17(22)25-29-19(28)11-2-4-13-3-1-10-7-24-16(21)6-14(10)18(27)26(13)9-11/h5-8,11,13,23H,1-4,9H2,(H2,22,25). The number of fused-ring (bicyclic) bond motifs is 2. The van der Waals surface area contributed by atoms with Gasteiger partial charge in [0.05, 0.1) is 16.6 Å². The highest BCUT2D eigenvalue weighted by Gasteiger charge is 2.38. The lowest BCUT2D eigenvalue weighted by Gasteiger charge is -2.37. The number of rotatable bonds is 3. The van der Waals surface area contributed by atoms with E-state index >= 15 is 0 Å². The highest BCUT2D eigenvalue weighted by Crippen LogP contribution is 2.31. The lowest BCUT2D eigenvalue weighted by molar-refractivity contribution is -0.150. The predicted molar refractivity (Wildman–Crippen MR) is 103 cm³/mol. The lowest BCUT2D eigenvalue weighted by atomic mass is 9.91. The van der Waals surface area contributed by atoms with Gasteiger partial charge in [-0.2, -0.15) is 4.39 Å². The van der Waals surface area contributed by atoms with Crippen LogP contribution in [0.4, 0.5) is 4.39 Å². The summed E-state index contributed by atoms with van der Waals surface area (Å²) in [5, 5.41) is 4.12. The second-order valence-electron chi connectivity index (χ2n) is 7.21. The van der Waals surface area contributed by atoms with Gasteiger partial charge < -0.3 is 20.5 Å². The van der Waals surface area contributed by atoms with Crippen molar-refractivity contribution in [3.8, 4) is 0 Å². The van der Waals surface area contributed by atoms with Gasteiger partial charge >= 0.3 is 5.97 Å². The third kappa shape index (κ3) is 3.95. The highest BCUT2D eigenvalue weighted by molar-refractivity contribution is 6.31. The number of carbonyl (C=O) groups excluding carboxylic acids is 2. The zero-order valence-corrected chi connectivity index (χ0v) is 16.2. The molecule has 1 fully saturated rings. The summed E-state index contributed by atoms with van der Waals surface area (Å²) in [7, 11) is 0. The van der Waals surface area contributed by atoms with Crippen molar-refractivity contribution in [2.24, 2.45) is 16.8 Å². The summed E-state index contributed by atoms with van der Waals surface area (Å²) in [5.74, 6) is -2.10. The van der Waals surface area contributed by atoms with Crippen molar-refractivity contribution in [2.75, 3.05) is 6.54 Å². The molecule has 0 aliphatic carbocycles. The van der Waals surface area contributed by atoms with Gasteiger partial charge in [-0.05, 0) is 37.3 Å². The molecule has 4 rings (SSSR count). The first-order valence-electron chi connectivity index (χ1n) is 9.26. The molecule has 0 spiro atoms. The molecule has 0 aromatic carbocycles. The van der Waals surface area contributed by atoms with E-state index in [9.17, 15) is 14.0 Å². The zero-order valence-electron chi connectivity index (χ0n) is 15.4. The van der Waals surface area contributed by atoms with Gasteiger partial charge in [-0.15, -0.1) is 0 Å². The van der Waals surface area contributed by atoms with Crippen molar-refractivity contribution in [3.05, 3.63) is 52.3 Å². The van der Waals surface area contributed by atoms with Gasteiger partial charge in [-0.3, -0.25) is 4.79 Å². The van der Waals surface area contributed by atoms with E-state index < -0.39 is 17.8 Å². The third-order valence-electron chi connectivity index (χ3n) is 5.39. The molecule has 0 bridgehead atoms. The summed E-state index contributed by atoms with van der Waals surface area (Å²) >= 11 is 5.81. The van der Waals surface area contributed by atoms with Gasteiger partial charge in [0.1, 0.15) is 0 Å². The fraction of sp³-hybridized carbons (Fsp3) is 0.368. The summed E-state index contributed by atoms with van der Waals surface area (Å²) < 4.78 is 13.6. The predicted octanol–water partition coefficient (Wildman–Crippen LogP) is 2.23. The molecule has 8 nitrogen and oxygen atoms in total. The number of nitrogens with one attached hydrogen (secondary N) is 1. The normalized spacial score (nSPS) is 21.9. The number of piperidine rings is 1. The van der Waals surface area contributed by atoms with Crippen LogP contribution in [0.15, 0.2) is 29.7 Å². The van der Waals surface area contributed by atoms with Crippen LogP contribution < -0.4 is 5.73 Å². The van der Waals surface area contributed by atoms with Gasteiger partial charge in [0, 0.05) is 36.6 Å². The number of nitrogens with two attached hydrogens (primary N) is 1. The monoisotopic (exact) mass is 419 g/mol. The Kier molecular flexibility index (Phi) is 5.23. The van der Waals surface area contributed by atoms with Crippen LogP contribution in [0.1, 0.15) is 40.9 Å². The number of pyridine rings is 1. The summed E-state index contributed by atoms with van der Waals surface area (Å²) in [6, 6.07) is 2.71. The lowest BCUT2D eigenvalue weighted by Crippen LogP contribution is -2.48. The van der Waals surface area contributed by atoms with Gasteiger partial charge in [0.25, 0.3) is 5.91 Å². The number of aromatic nitrogens is 2. The molecule has 0 radical (unpaired) electrons. The van der Waals surface area contributed by atoms with Crippen LogP contribution in [-0.2, 0) is 16.1 Å². The van der Waals surface area contributed by atoms with Gasteiger partial charge in [-0.25, -0.2) is 9.78 Å². The molecule has 152 valence electrons. The smallest absolute Gasteiger partial charge is 0.339 e. The van der Waals surface area contributed by atoms with Crippen LogP contribution in [0, 0.1) is 11.9 Å². The Morgan fingerprint density at radius 2 is 2.21 bits per heavy atom. The van der Waals surface area contributed by atoms with Crippen molar-refractivity contribution in [1.29, 1.82) is 0 Å². The first-order chi connectivity index (χ1) is 13.9. The fourth-order valence-electron chi connectivity index (χ4n) is 3.84. The number of nitrogens with zero attached hydrogens (tertiary/aromatic N) is 3. The molecule has 1 saturated heterocycles. The highest BCUT2D eigenvalue weighted by atomic mass is 35.5. The molecular formula is C19H19ClFN5O3. The van der Waals surface area contributed by atoms with E-state index in [0.29, 0.717) is 35.5 Å². The number of aryl methyl sites for hydroxylation is 1. The first kappa shape index (κ1) is 19.4. The molecule has 0 saturated carbocycles. The number of hydrogen-bond donors (Lipinski definition) is 2. The minimum Gasteiger partial charge on any atom is -0.379 e. The SMILES string of the molecule is NC(=NOC(=O)C1CCC2CCc3cnc(F)cc3C(=O)N2C1)c1cc(Cl)c[nH]1. The molecule has 10 heteroatoms. The average Bonchev–Trinajstić information content (AvgIpc) is 3.11. The van der Waals surface area contributed by atoms with Crippen LogP contribution >= 0.6 is 11.6 Å². The number of carbonyl (C=O) groups is 2. The fourth-order valence-corrected chi connectivity index (χ4v) is 4.00. The molecule has 2 atom stereocenters. The second kappa shape index (κ2) is 7.82. The summed E-state index contributed by atoms with van der Waals surface area (Å²) in [4.78, 5) is 38.5. The first-order valence-corrected chi connectivity index (χ1v) is 9.64. The van der Waals surface area contributed by atoms with E-state index in [-0.39, 0.29) is 24.3 Å². The number of hydrogen-bond acceptors (Lipinski definition) is 5. The Bertz CT molecular complexity index is 992. The maximum Gasteiger partial charge on any atom is 0.339 e. The zero-order chi connectivity index (χ0) is 20.5.